The van der Waals surface area contributed by atoms with Crippen molar-refractivity contribution in [3.8, 4) is 11.4 Å². The number of nitrogens with one attached hydrogen (secondary N) is 1. The van der Waals surface area contributed by atoms with Gasteiger partial charge < -0.3 is 15.9 Å². The van der Waals surface area contributed by atoms with Crippen LogP contribution in [0.2, 0.25) is 0 Å². The summed E-state index contributed by atoms with van der Waals surface area (Å²) in [4.78, 5) is 12.2. The number of nitrogens with zero attached hydrogens (tertiary/aromatic N) is 3. The predicted octanol–water partition coefficient (Wildman–Crippen LogP) is 1.57. The third kappa shape index (κ3) is 4.10. The van der Waals surface area contributed by atoms with Crippen molar-refractivity contribution < 1.29 is 13.9 Å². The highest BCUT2D eigenvalue weighted by Gasteiger charge is 2.22. The summed E-state index contributed by atoms with van der Waals surface area (Å²) in [6.07, 6.45) is 2.08. The minimum Gasteiger partial charge on any atom is -0.376 e. The Morgan fingerprint density at radius 3 is 3.04 bits per heavy atom. The lowest BCUT2D eigenvalue weighted by Gasteiger charge is -2.14. The Morgan fingerprint density at radius 2 is 2.32 bits per heavy atom. The van der Waals surface area contributed by atoms with E-state index >= 15 is 0 Å². The number of nitrogen functional groups attached to an aromatic ring is 1. The number of nitrogens with two attached hydrogens (primary N) is 1. The minimum atomic E-state index is -0.430. The third-order valence-electron chi connectivity index (χ3n) is 3.96. The van der Waals surface area contributed by atoms with E-state index in [0.717, 1.165) is 19.4 Å². The van der Waals surface area contributed by atoms with E-state index in [-0.39, 0.29) is 23.4 Å². The maximum Gasteiger partial charge on any atom is 0.233 e. The number of benzene rings is 1. The lowest BCUT2D eigenvalue weighted by atomic mass is 10.2. The van der Waals surface area contributed by atoms with Gasteiger partial charge in [-0.2, -0.15) is 0 Å². The average Bonchev–Trinajstić information content (AvgIpc) is 3.24. The van der Waals surface area contributed by atoms with Crippen molar-refractivity contribution in [1.82, 2.24) is 20.2 Å². The molecule has 0 unspecified atom stereocenters. The van der Waals surface area contributed by atoms with Crippen LogP contribution in [0.1, 0.15) is 19.8 Å². The number of carbonyl (C=O) groups is 1. The number of thioether (sulfide) groups is 1. The SMILES string of the molecule is C[C@@H](Sc1nnc(-c2ccccc2F)n1N)C(=O)NC[C@H]1CCCO1. The molecule has 1 saturated heterocycles. The molecule has 0 bridgehead atoms. The Balaban J connectivity index is 1.62. The van der Waals surface area contributed by atoms with Crippen LogP contribution in [0.15, 0.2) is 29.4 Å². The van der Waals surface area contributed by atoms with Crippen molar-refractivity contribution in [2.45, 2.75) is 36.3 Å². The Hall–Kier alpha value is -2.13. The molecule has 1 aliphatic heterocycles. The van der Waals surface area contributed by atoms with Gasteiger partial charge in [-0.05, 0) is 31.9 Å². The summed E-state index contributed by atoms with van der Waals surface area (Å²) >= 11 is 1.17. The van der Waals surface area contributed by atoms with E-state index in [2.05, 4.69) is 15.5 Å². The van der Waals surface area contributed by atoms with Crippen LogP contribution in [0, 0.1) is 5.82 Å². The van der Waals surface area contributed by atoms with Gasteiger partial charge >= 0.3 is 0 Å². The number of ether oxygens (including phenoxy) is 1. The van der Waals surface area contributed by atoms with Gasteiger partial charge in [-0.1, -0.05) is 23.9 Å². The second kappa shape index (κ2) is 7.83. The molecule has 2 atom stereocenters. The average molecular weight is 365 g/mol. The Bertz CT molecular complexity index is 748. The number of carbonyl (C=O) groups excluding carboxylic acids is 1. The lowest BCUT2D eigenvalue weighted by Crippen LogP contribution is -2.36. The Morgan fingerprint density at radius 1 is 1.52 bits per heavy atom. The third-order valence-corrected chi connectivity index (χ3v) is 5.02. The molecule has 2 heterocycles. The fraction of sp³-hybridized carbons (Fsp3) is 0.438. The van der Waals surface area contributed by atoms with Gasteiger partial charge in [0, 0.05) is 13.2 Å². The first-order valence-electron chi connectivity index (χ1n) is 8.07. The van der Waals surface area contributed by atoms with Gasteiger partial charge in [0.15, 0.2) is 5.82 Å². The molecule has 1 aromatic carbocycles. The summed E-state index contributed by atoms with van der Waals surface area (Å²) in [7, 11) is 0. The molecule has 0 spiro atoms. The molecule has 2 aromatic rings. The molecule has 1 aliphatic rings. The second-order valence-electron chi connectivity index (χ2n) is 5.80. The zero-order chi connectivity index (χ0) is 17.8. The van der Waals surface area contributed by atoms with Gasteiger partial charge in [0.1, 0.15) is 5.82 Å². The first kappa shape index (κ1) is 17.7. The van der Waals surface area contributed by atoms with Crippen LogP contribution >= 0.6 is 11.8 Å². The van der Waals surface area contributed by atoms with E-state index in [9.17, 15) is 9.18 Å². The van der Waals surface area contributed by atoms with E-state index in [1.807, 2.05) is 0 Å². The van der Waals surface area contributed by atoms with Gasteiger partial charge in [0.25, 0.3) is 0 Å². The topological polar surface area (TPSA) is 95.1 Å². The fourth-order valence-electron chi connectivity index (χ4n) is 2.56. The largest absolute Gasteiger partial charge is 0.376 e. The highest BCUT2D eigenvalue weighted by Crippen LogP contribution is 2.26. The Kier molecular flexibility index (Phi) is 5.54. The molecule has 9 heteroatoms. The van der Waals surface area contributed by atoms with Crippen LogP contribution in [0.25, 0.3) is 11.4 Å². The van der Waals surface area contributed by atoms with E-state index in [4.69, 9.17) is 10.6 Å². The number of aromatic nitrogens is 3. The van der Waals surface area contributed by atoms with E-state index in [1.165, 1.54) is 22.5 Å². The van der Waals surface area contributed by atoms with Crippen LogP contribution in [0.5, 0.6) is 0 Å². The summed E-state index contributed by atoms with van der Waals surface area (Å²) in [5.74, 6) is 5.64. The van der Waals surface area contributed by atoms with Crippen LogP contribution < -0.4 is 11.2 Å². The summed E-state index contributed by atoms with van der Waals surface area (Å²) < 4.78 is 20.6. The maximum atomic E-state index is 13.9. The highest BCUT2D eigenvalue weighted by atomic mass is 32.2. The molecule has 0 saturated carbocycles. The number of hydrogen-bond acceptors (Lipinski definition) is 6. The molecule has 1 aromatic heterocycles. The van der Waals surface area contributed by atoms with Gasteiger partial charge in [-0.25, -0.2) is 9.07 Å². The molecule has 134 valence electrons. The smallest absolute Gasteiger partial charge is 0.233 e. The number of rotatable bonds is 6. The summed E-state index contributed by atoms with van der Waals surface area (Å²) in [6.45, 7) is 3.01. The zero-order valence-corrected chi connectivity index (χ0v) is 14.6. The van der Waals surface area contributed by atoms with Crippen molar-refractivity contribution in [3.05, 3.63) is 30.1 Å². The number of halogens is 1. The molecule has 3 N–H and O–H groups in total. The van der Waals surface area contributed by atoms with Crippen molar-refractivity contribution in [3.63, 3.8) is 0 Å². The number of amides is 1. The molecule has 3 rings (SSSR count). The van der Waals surface area contributed by atoms with Gasteiger partial charge in [0.05, 0.1) is 16.9 Å². The van der Waals surface area contributed by atoms with Crippen molar-refractivity contribution in [2.75, 3.05) is 19.0 Å². The normalized spacial score (nSPS) is 18.2. The standard InChI is InChI=1S/C16H20FN5O2S/c1-10(15(23)19-9-11-5-4-8-24-11)25-16-21-20-14(22(16)18)12-6-2-3-7-13(12)17/h2-3,6-7,10-11H,4-5,8-9,18H2,1H3,(H,19,23)/t10-,11-/m1/s1. The van der Waals surface area contributed by atoms with Crippen LogP contribution in [-0.2, 0) is 9.53 Å². The molecular formula is C16H20FN5O2S. The first-order valence-corrected chi connectivity index (χ1v) is 8.95. The summed E-state index contributed by atoms with van der Waals surface area (Å²) in [5, 5.41) is 10.7. The van der Waals surface area contributed by atoms with Crippen molar-refractivity contribution >= 4 is 17.7 Å². The fourth-order valence-corrected chi connectivity index (χ4v) is 3.35. The molecule has 1 fully saturated rings. The van der Waals surface area contributed by atoms with Crippen LogP contribution in [-0.4, -0.2) is 45.3 Å². The number of hydrogen-bond donors (Lipinski definition) is 2. The van der Waals surface area contributed by atoms with Crippen molar-refractivity contribution in [2.24, 2.45) is 0 Å². The van der Waals surface area contributed by atoms with Crippen LogP contribution in [0.3, 0.4) is 0 Å². The quantitative estimate of drug-likeness (QED) is 0.596. The van der Waals surface area contributed by atoms with Crippen molar-refractivity contribution in [1.29, 1.82) is 0 Å². The Labute approximate surface area is 149 Å². The molecule has 7 nitrogen and oxygen atoms in total. The molecule has 25 heavy (non-hydrogen) atoms. The second-order valence-corrected chi connectivity index (χ2v) is 7.10. The summed E-state index contributed by atoms with van der Waals surface area (Å²) in [5.41, 5.74) is 0.264. The van der Waals surface area contributed by atoms with E-state index < -0.39 is 11.1 Å². The van der Waals surface area contributed by atoms with E-state index in [1.54, 1.807) is 25.1 Å². The monoisotopic (exact) mass is 365 g/mol. The van der Waals surface area contributed by atoms with Gasteiger partial charge in [0.2, 0.25) is 11.1 Å². The molecule has 1 amide bonds. The highest BCUT2D eigenvalue weighted by molar-refractivity contribution is 8.00. The molecule has 0 aliphatic carbocycles. The van der Waals surface area contributed by atoms with Gasteiger partial charge in [-0.3, -0.25) is 4.79 Å². The maximum absolute atomic E-state index is 13.9. The first-order chi connectivity index (χ1) is 12.1. The molecular weight excluding hydrogens is 345 g/mol. The van der Waals surface area contributed by atoms with Gasteiger partial charge in [-0.15, -0.1) is 10.2 Å². The lowest BCUT2D eigenvalue weighted by molar-refractivity contribution is -0.120. The molecule has 0 radical (unpaired) electrons. The zero-order valence-electron chi connectivity index (χ0n) is 13.8. The summed E-state index contributed by atoms with van der Waals surface area (Å²) in [6, 6.07) is 6.19. The predicted molar refractivity (Wildman–Crippen MR) is 92.9 cm³/mol. The van der Waals surface area contributed by atoms with Crippen LogP contribution in [0.4, 0.5) is 4.39 Å². The minimum absolute atomic E-state index is 0.0898. The van der Waals surface area contributed by atoms with E-state index in [0.29, 0.717) is 11.7 Å².